The lowest BCUT2D eigenvalue weighted by Gasteiger charge is -2.34. The van der Waals surface area contributed by atoms with Crippen LogP contribution in [-0.2, 0) is 9.59 Å². The second-order valence-electron chi connectivity index (χ2n) is 4.91. The fraction of sp³-hybridized carbons (Fsp3) is 0.833. The summed E-state index contributed by atoms with van der Waals surface area (Å²) in [4.78, 5) is 26.6. The van der Waals surface area contributed by atoms with Crippen LogP contribution in [0.5, 0.6) is 0 Å². The molecule has 98 valence electrons. The molecule has 0 aliphatic carbocycles. The summed E-state index contributed by atoms with van der Waals surface area (Å²) in [6, 6.07) is 0. The van der Waals surface area contributed by atoms with Crippen molar-refractivity contribution in [3.63, 3.8) is 0 Å². The molecule has 5 nitrogen and oxygen atoms in total. The van der Waals surface area contributed by atoms with Crippen LogP contribution in [0.2, 0.25) is 0 Å². The zero-order valence-electron chi connectivity index (χ0n) is 11.0. The van der Waals surface area contributed by atoms with E-state index in [4.69, 9.17) is 0 Å². The van der Waals surface area contributed by atoms with Gasteiger partial charge in [-0.2, -0.15) is 0 Å². The van der Waals surface area contributed by atoms with E-state index in [1.165, 1.54) is 0 Å². The highest BCUT2D eigenvalue weighted by Crippen LogP contribution is 2.02. The van der Waals surface area contributed by atoms with Gasteiger partial charge in [0.2, 0.25) is 11.8 Å². The monoisotopic (exact) mass is 241 g/mol. The van der Waals surface area contributed by atoms with Gasteiger partial charge in [-0.25, -0.2) is 0 Å². The maximum Gasteiger partial charge on any atom is 0.236 e. The molecule has 1 saturated heterocycles. The van der Waals surface area contributed by atoms with Gasteiger partial charge in [0.1, 0.15) is 0 Å². The van der Waals surface area contributed by atoms with E-state index in [0.29, 0.717) is 38.6 Å². The van der Waals surface area contributed by atoms with Crippen LogP contribution in [0.25, 0.3) is 0 Å². The lowest BCUT2D eigenvalue weighted by atomic mass is 10.2. The van der Waals surface area contributed by atoms with Crippen LogP contribution in [0.15, 0.2) is 0 Å². The summed E-state index contributed by atoms with van der Waals surface area (Å²) in [5.41, 5.74) is 0. The first kappa shape index (κ1) is 14.0. The third-order valence-corrected chi connectivity index (χ3v) is 2.91. The summed E-state index contributed by atoms with van der Waals surface area (Å²) in [5, 5.41) is 3.14. The van der Waals surface area contributed by atoms with E-state index in [-0.39, 0.29) is 11.8 Å². The van der Waals surface area contributed by atoms with Crippen LogP contribution in [0, 0.1) is 5.92 Å². The fourth-order valence-electron chi connectivity index (χ4n) is 1.85. The Morgan fingerprint density at radius 2 is 1.65 bits per heavy atom. The van der Waals surface area contributed by atoms with E-state index in [0.717, 1.165) is 6.54 Å². The number of nitrogens with one attached hydrogen (secondary N) is 1. The molecule has 1 fully saturated rings. The second kappa shape index (κ2) is 6.59. The zero-order chi connectivity index (χ0) is 12.8. The fourth-order valence-corrected chi connectivity index (χ4v) is 1.85. The highest BCUT2D eigenvalue weighted by atomic mass is 16.2. The zero-order valence-corrected chi connectivity index (χ0v) is 11.0. The van der Waals surface area contributed by atoms with Crippen LogP contribution < -0.4 is 5.32 Å². The highest BCUT2D eigenvalue weighted by Gasteiger charge is 2.21. The van der Waals surface area contributed by atoms with Gasteiger partial charge in [0.05, 0.1) is 6.54 Å². The van der Waals surface area contributed by atoms with Crippen LogP contribution >= 0.6 is 0 Å². The number of piperazine rings is 1. The Balaban J connectivity index is 2.24. The minimum Gasteiger partial charge on any atom is -0.339 e. The standard InChI is InChI=1S/C12H23N3O2/c1-10(2)8-13-9-12(17)15-6-4-14(5-7-15)11(3)16/h10,13H,4-9H2,1-3H3. The van der Waals surface area contributed by atoms with Crippen LogP contribution in [-0.4, -0.2) is 60.9 Å². The Morgan fingerprint density at radius 1 is 1.12 bits per heavy atom. The molecule has 5 heteroatoms. The maximum absolute atomic E-state index is 11.8. The van der Waals surface area contributed by atoms with Crippen molar-refractivity contribution in [1.29, 1.82) is 0 Å². The average Bonchev–Trinajstić information content (AvgIpc) is 2.28. The molecule has 1 rings (SSSR count). The number of carbonyl (C=O) groups is 2. The number of rotatable bonds is 4. The number of amides is 2. The Hall–Kier alpha value is -1.10. The summed E-state index contributed by atoms with van der Waals surface area (Å²) in [7, 11) is 0. The highest BCUT2D eigenvalue weighted by molar-refractivity contribution is 5.79. The molecule has 0 aromatic rings. The molecule has 0 saturated carbocycles. The maximum atomic E-state index is 11.8. The van der Waals surface area contributed by atoms with Crippen molar-refractivity contribution < 1.29 is 9.59 Å². The normalized spacial score (nSPS) is 16.5. The molecule has 2 amide bonds. The predicted octanol–water partition coefficient (Wildman–Crippen LogP) is -0.0773. The summed E-state index contributed by atoms with van der Waals surface area (Å²) < 4.78 is 0. The lowest BCUT2D eigenvalue weighted by Crippen LogP contribution is -2.52. The molecule has 17 heavy (non-hydrogen) atoms. The number of carbonyl (C=O) groups excluding carboxylic acids is 2. The quantitative estimate of drug-likeness (QED) is 0.749. The van der Waals surface area contributed by atoms with E-state index in [2.05, 4.69) is 19.2 Å². The van der Waals surface area contributed by atoms with E-state index >= 15 is 0 Å². The van der Waals surface area contributed by atoms with E-state index in [1.54, 1.807) is 11.8 Å². The molecular formula is C12H23N3O2. The average molecular weight is 241 g/mol. The first-order chi connectivity index (χ1) is 8.00. The minimum atomic E-state index is 0.0926. The minimum absolute atomic E-state index is 0.0926. The van der Waals surface area contributed by atoms with Crippen LogP contribution in [0.4, 0.5) is 0 Å². The van der Waals surface area contributed by atoms with Gasteiger partial charge in [0.15, 0.2) is 0 Å². The Labute approximate surface area is 103 Å². The van der Waals surface area contributed by atoms with E-state index in [1.807, 2.05) is 4.90 Å². The molecule has 0 atom stereocenters. The summed E-state index contributed by atoms with van der Waals surface area (Å²) in [5.74, 6) is 0.779. The van der Waals surface area contributed by atoms with Gasteiger partial charge in [0.25, 0.3) is 0 Å². The van der Waals surface area contributed by atoms with Crippen molar-refractivity contribution in [2.45, 2.75) is 20.8 Å². The van der Waals surface area contributed by atoms with Crippen molar-refractivity contribution >= 4 is 11.8 Å². The smallest absolute Gasteiger partial charge is 0.236 e. The lowest BCUT2D eigenvalue weighted by molar-refractivity contribution is -0.137. The van der Waals surface area contributed by atoms with Crippen molar-refractivity contribution in [3.05, 3.63) is 0 Å². The molecule has 0 radical (unpaired) electrons. The molecule has 0 spiro atoms. The van der Waals surface area contributed by atoms with Crippen molar-refractivity contribution in [3.8, 4) is 0 Å². The van der Waals surface area contributed by atoms with Crippen molar-refractivity contribution in [2.24, 2.45) is 5.92 Å². The van der Waals surface area contributed by atoms with E-state index < -0.39 is 0 Å². The summed E-state index contributed by atoms with van der Waals surface area (Å²) in [6.45, 7) is 9.69. The number of nitrogens with zero attached hydrogens (tertiary/aromatic N) is 2. The third kappa shape index (κ3) is 4.73. The topological polar surface area (TPSA) is 52.7 Å². The molecule has 1 N–H and O–H groups in total. The van der Waals surface area contributed by atoms with Gasteiger partial charge in [-0.05, 0) is 12.5 Å². The van der Waals surface area contributed by atoms with Gasteiger partial charge in [-0.1, -0.05) is 13.8 Å². The molecule has 0 aromatic heterocycles. The van der Waals surface area contributed by atoms with Gasteiger partial charge in [0, 0.05) is 33.1 Å². The number of hydrogen-bond acceptors (Lipinski definition) is 3. The summed E-state index contributed by atoms with van der Waals surface area (Å²) in [6.07, 6.45) is 0. The van der Waals surface area contributed by atoms with Gasteiger partial charge in [-0.3, -0.25) is 9.59 Å². The van der Waals surface area contributed by atoms with Crippen LogP contribution in [0.3, 0.4) is 0 Å². The first-order valence-corrected chi connectivity index (χ1v) is 6.24. The molecule has 0 bridgehead atoms. The van der Waals surface area contributed by atoms with Crippen molar-refractivity contribution in [1.82, 2.24) is 15.1 Å². The Morgan fingerprint density at radius 3 is 2.12 bits per heavy atom. The predicted molar refractivity (Wildman–Crippen MR) is 66.5 cm³/mol. The summed E-state index contributed by atoms with van der Waals surface area (Å²) >= 11 is 0. The van der Waals surface area contributed by atoms with Gasteiger partial charge < -0.3 is 15.1 Å². The first-order valence-electron chi connectivity index (χ1n) is 6.24. The SMILES string of the molecule is CC(=O)N1CCN(C(=O)CNCC(C)C)CC1. The van der Waals surface area contributed by atoms with E-state index in [9.17, 15) is 9.59 Å². The molecule has 0 aromatic carbocycles. The Kier molecular flexibility index (Phi) is 5.41. The molecule has 1 heterocycles. The van der Waals surface area contributed by atoms with Crippen molar-refractivity contribution in [2.75, 3.05) is 39.3 Å². The Bertz CT molecular complexity index is 271. The molecule has 0 unspecified atom stereocenters. The van der Waals surface area contributed by atoms with Gasteiger partial charge >= 0.3 is 0 Å². The van der Waals surface area contributed by atoms with Gasteiger partial charge in [-0.15, -0.1) is 0 Å². The number of hydrogen-bond donors (Lipinski definition) is 1. The van der Waals surface area contributed by atoms with Crippen LogP contribution in [0.1, 0.15) is 20.8 Å². The molecule has 1 aliphatic heterocycles. The molecule has 1 aliphatic rings. The largest absolute Gasteiger partial charge is 0.339 e. The molecular weight excluding hydrogens is 218 g/mol. The third-order valence-electron chi connectivity index (χ3n) is 2.91. The second-order valence-corrected chi connectivity index (χ2v) is 4.91.